The second-order valence-electron chi connectivity index (χ2n) is 5.46. The fraction of sp³-hybridized carbons (Fsp3) is 0.353. The van der Waals surface area contributed by atoms with E-state index >= 15 is 0 Å². The molecule has 1 aromatic heterocycles. The highest BCUT2D eigenvalue weighted by Crippen LogP contribution is 2.33. The molecule has 3 nitrogen and oxygen atoms in total. The minimum Gasteiger partial charge on any atom is -0.437 e. The highest BCUT2D eigenvalue weighted by Gasteiger charge is 2.12. The summed E-state index contributed by atoms with van der Waals surface area (Å²) in [5.74, 6) is 1.65. The number of halogens is 1. The van der Waals surface area contributed by atoms with Crippen LogP contribution in [-0.4, -0.2) is 12.0 Å². The Balaban J connectivity index is 2.31. The Morgan fingerprint density at radius 1 is 1.29 bits per heavy atom. The van der Waals surface area contributed by atoms with Crippen LogP contribution in [-0.2, 0) is 6.54 Å². The van der Waals surface area contributed by atoms with E-state index in [4.69, 9.17) is 16.3 Å². The average molecular weight is 305 g/mol. The number of pyridine rings is 1. The summed E-state index contributed by atoms with van der Waals surface area (Å²) in [5.41, 5.74) is 3.33. The monoisotopic (exact) mass is 304 g/mol. The van der Waals surface area contributed by atoms with Gasteiger partial charge in [-0.25, -0.2) is 4.98 Å². The normalized spacial score (nSPS) is 11.0. The highest BCUT2D eigenvalue weighted by atomic mass is 35.5. The van der Waals surface area contributed by atoms with Gasteiger partial charge in [-0.3, -0.25) is 0 Å². The average Bonchev–Trinajstić information content (AvgIpc) is 2.42. The van der Waals surface area contributed by atoms with E-state index < -0.39 is 0 Å². The molecule has 0 bridgehead atoms. The van der Waals surface area contributed by atoms with Crippen LogP contribution in [0.15, 0.2) is 30.5 Å². The van der Waals surface area contributed by atoms with Crippen molar-refractivity contribution in [3.05, 3.63) is 52.2 Å². The summed E-state index contributed by atoms with van der Waals surface area (Å²) in [7, 11) is 1.89. The number of nitrogens with zero attached hydrogens (tertiary/aromatic N) is 1. The third-order valence-corrected chi connectivity index (χ3v) is 3.51. The lowest BCUT2D eigenvalue weighted by molar-refractivity contribution is 0.454. The van der Waals surface area contributed by atoms with Crippen LogP contribution in [0.3, 0.4) is 0 Å². The van der Waals surface area contributed by atoms with Gasteiger partial charge in [0.25, 0.3) is 0 Å². The molecule has 0 unspecified atom stereocenters. The molecular weight excluding hydrogens is 284 g/mol. The topological polar surface area (TPSA) is 34.2 Å². The van der Waals surface area contributed by atoms with Gasteiger partial charge >= 0.3 is 0 Å². The molecule has 0 saturated carbocycles. The van der Waals surface area contributed by atoms with E-state index in [9.17, 15) is 0 Å². The first-order chi connectivity index (χ1) is 10.0. The first-order valence-corrected chi connectivity index (χ1v) is 7.46. The SMILES string of the molecule is CNCc1cnc(Oc2cc(C)ccc2C(C)C)c(Cl)c1. The third-order valence-electron chi connectivity index (χ3n) is 3.24. The van der Waals surface area contributed by atoms with Gasteiger partial charge in [0.1, 0.15) is 10.8 Å². The lowest BCUT2D eigenvalue weighted by Gasteiger charge is -2.15. The van der Waals surface area contributed by atoms with Crippen LogP contribution in [0.1, 0.15) is 36.5 Å². The molecule has 0 aliphatic carbocycles. The van der Waals surface area contributed by atoms with Crippen molar-refractivity contribution in [2.45, 2.75) is 33.2 Å². The molecule has 0 atom stereocenters. The van der Waals surface area contributed by atoms with E-state index in [-0.39, 0.29) is 0 Å². The molecule has 1 heterocycles. The molecule has 1 N–H and O–H groups in total. The lowest BCUT2D eigenvalue weighted by atomic mass is 10.0. The number of nitrogens with one attached hydrogen (secondary N) is 1. The maximum atomic E-state index is 6.27. The summed E-state index contributed by atoms with van der Waals surface area (Å²) in [4.78, 5) is 4.33. The fourth-order valence-corrected chi connectivity index (χ4v) is 2.38. The zero-order valence-electron chi connectivity index (χ0n) is 12.9. The molecule has 2 rings (SSSR count). The first kappa shape index (κ1) is 15.8. The molecule has 1 aromatic carbocycles. The van der Waals surface area contributed by atoms with E-state index in [1.165, 1.54) is 0 Å². The largest absolute Gasteiger partial charge is 0.437 e. The fourth-order valence-electron chi connectivity index (χ4n) is 2.15. The minimum atomic E-state index is 0.378. The molecule has 0 aliphatic rings. The zero-order chi connectivity index (χ0) is 15.4. The van der Waals surface area contributed by atoms with Crippen LogP contribution in [0.4, 0.5) is 0 Å². The van der Waals surface area contributed by atoms with Crippen LogP contribution in [0.5, 0.6) is 11.6 Å². The van der Waals surface area contributed by atoms with Gasteiger partial charge in [0.15, 0.2) is 0 Å². The van der Waals surface area contributed by atoms with Gasteiger partial charge in [0.2, 0.25) is 5.88 Å². The van der Waals surface area contributed by atoms with Gasteiger partial charge in [-0.2, -0.15) is 0 Å². The van der Waals surface area contributed by atoms with Crippen molar-refractivity contribution in [1.29, 1.82) is 0 Å². The number of aromatic nitrogens is 1. The Labute approximate surface area is 131 Å². The summed E-state index contributed by atoms with van der Waals surface area (Å²) in [6.07, 6.45) is 1.78. The summed E-state index contributed by atoms with van der Waals surface area (Å²) in [6.45, 7) is 7.06. The van der Waals surface area contributed by atoms with Crippen molar-refractivity contribution in [2.75, 3.05) is 7.05 Å². The van der Waals surface area contributed by atoms with E-state index in [0.717, 1.165) is 29.0 Å². The summed E-state index contributed by atoms with van der Waals surface area (Å²) in [5, 5.41) is 3.60. The van der Waals surface area contributed by atoms with Gasteiger partial charge < -0.3 is 10.1 Å². The molecule has 0 aliphatic heterocycles. The van der Waals surface area contributed by atoms with Crippen molar-refractivity contribution in [2.24, 2.45) is 0 Å². The van der Waals surface area contributed by atoms with Crippen LogP contribution < -0.4 is 10.1 Å². The molecule has 0 spiro atoms. The lowest BCUT2D eigenvalue weighted by Crippen LogP contribution is -2.05. The molecule has 0 amide bonds. The molecule has 0 fully saturated rings. The predicted molar refractivity (Wildman–Crippen MR) is 87.4 cm³/mol. The quantitative estimate of drug-likeness (QED) is 0.871. The van der Waals surface area contributed by atoms with Crippen LogP contribution in [0.25, 0.3) is 0 Å². The second-order valence-corrected chi connectivity index (χ2v) is 5.87. The van der Waals surface area contributed by atoms with Crippen molar-refractivity contribution in [3.8, 4) is 11.6 Å². The molecule has 2 aromatic rings. The van der Waals surface area contributed by atoms with E-state index in [1.54, 1.807) is 6.20 Å². The number of ether oxygens (including phenoxy) is 1. The van der Waals surface area contributed by atoms with Crippen LogP contribution in [0.2, 0.25) is 5.02 Å². The standard InChI is InChI=1S/C17H21ClN2O/c1-11(2)14-6-5-12(3)7-16(14)21-17-15(18)8-13(9-19-4)10-20-17/h5-8,10-11,19H,9H2,1-4H3. The van der Waals surface area contributed by atoms with Gasteiger partial charge in [0, 0.05) is 12.7 Å². The molecule has 21 heavy (non-hydrogen) atoms. The van der Waals surface area contributed by atoms with Gasteiger partial charge in [-0.05, 0) is 48.7 Å². The molecule has 112 valence electrons. The van der Waals surface area contributed by atoms with Crippen molar-refractivity contribution < 1.29 is 4.74 Å². The maximum absolute atomic E-state index is 6.27. The Kier molecular flexibility index (Phi) is 5.21. The smallest absolute Gasteiger partial charge is 0.238 e. The molecule has 0 radical (unpaired) electrons. The molecule has 4 heteroatoms. The number of aryl methyl sites for hydroxylation is 1. The Morgan fingerprint density at radius 2 is 2.05 bits per heavy atom. The molecular formula is C17H21ClN2O. The van der Waals surface area contributed by atoms with E-state index in [2.05, 4.69) is 36.3 Å². The predicted octanol–water partition coefficient (Wildman–Crippen LogP) is 4.68. The summed E-state index contributed by atoms with van der Waals surface area (Å²) in [6, 6.07) is 8.09. The first-order valence-electron chi connectivity index (χ1n) is 7.08. The number of hydrogen-bond acceptors (Lipinski definition) is 3. The Bertz CT molecular complexity index is 626. The summed E-state index contributed by atoms with van der Waals surface area (Å²) >= 11 is 6.27. The molecule has 0 saturated heterocycles. The summed E-state index contributed by atoms with van der Waals surface area (Å²) < 4.78 is 5.95. The number of benzene rings is 1. The van der Waals surface area contributed by atoms with Crippen molar-refractivity contribution in [1.82, 2.24) is 10.3 Å². The van der Waals surface area contributed by atoms with Crippen molar-refractivity contribution in [3.63, 3.8) is 0 Å². The zero-order valence-corrected chi connectivity index (χ0v) is 13.7. The van der Waals surface area contributed by atoms with Gasteiger partial charge in [-0.1, -0.05) is 37.6 Å². The van der Waals surface area contributed by atoms with Crippen LogP contribution >= 0.6 is 11.6 Å². The van der Waals surface area contributed by atoms with Crippen molar-refractivity contribution >= 4 is 11.6 Å². The maximum Gasteiger partial charge on any atom is 0.238 e. The van der Waals surface area contributed by atoms with Gasteiger partial charge in [0.05, 0.1) is 0 Å². The second kappa shape index (κ2) is 6.92. The van der Waals surface area contributed by atoms with Gasteiger partial charge in [-0.15, -0.1) is 0 Å². The number of hydrogen-bond donors (Lipinski definition) is 1. The third kappa shape index (κ3) is 3.96. The minimum absolute atomic E-state index is 0.378. The van der Waals surface area contributed by atoms with Crippen LogP contribution in [0, 0.1) is 6.92 Å². The number of rotatable bonds is 5. The van der Waals surface area contributed by atoms with E-state index in [1.807, 2.05) is 26.1 Å². The Morgan fingerprint density at radius 3 is 2.67 bits per heavy atom. The highest BCUT2D eigenvalue weighted by molar-refractivity contribution is 6.31. The Hall–Kier alpha value is -1.58. The van der Waals surface area contributed by atoms with E-state index in [0.29, 0.717) is 16.8 Å².